The standard InChI is InChI=1S/C25H22N2O6/c1-32-18-10-11-19(20(13-18)33-2)23(29)21-22(15-6-8-17(28)9-7-15)27(25(31)24(21)30)14-16-5-3-4-12-26-16/h3-13,22,28-29H,14H2,1-2H3/b23-21-. The van der Waals surface area contributed by atoms with E-state index in [-0.39, 0.29) is 34.9 Å². The number of pyridine rings is 1. The van der Waals surface area contributed by atoms with Gasteiger partial charge in [-0.15, -0.1) is 0 Å². The molecule has 2 heterocycles. The second-order valence-corrected chi connectivity index (χ2v) is 7.41. The van der Waals surface area contributed by atoms with Crippen LogP contribution in [0.15, 0.2) is 72.4 Å². The highest BCUT2D eigenvalue weighted by Gasteiger charge is 2.46. The van der Waals surface area contributed by atoms with Crippen molar-refractivity contribution in [1.29, 1.82) is 0 Å². The van der Waals surface area contributed by atoms with Crippen LogP contribution in [0, 0.1) is 0 Å². The average molecular weight is 446 g/mol. The van der Waals surface area contributed by atoms with Crippen molar-refractivity contribution >= 4 is 17.4 Å². The molecular weight excluding hydrogens is 424 g/mol. The van der Waals surface area contributed by atoms with E-state index in [4.69, 9.17) is 9.47 Å². The lowest BCUT2D eigenvalue weighted by Gasteiger charge is -2.25. The number of hydrogen-bond donors (Lipinski definition) is 2. The Bertz CT molecular complexity index is 1220. The molecule has 1 aromatic heterocycles. The second-order valence-electron chi connectivity index (χ2n) is 7.41. The summed E-state index contributed by atoms with van der Waals surface area (Å²) in [6.07, 6.45) is 1.60. The van der Waals surface area contributed by atoms with E-state index in [9.17, 15) is 19.8 Å². The van der Waals surface area contributed by atoms with E-state index < -0.39 is 17.7 Å². The SMILES string of the molecule is COc1ccc(/C(O)=C2/C(=O)C(=O)N(Cc3ccccn3)C2c2ccc(O)cc2)c(OC)c1. The summed E-state index contributed by atoms with van der Waals surface area (Å²) in [4.78, 5) is 31.8. The van der Waals surface area contributed by atoms with Crippen molar-refractivity contribution < 1.29 is 29.3 Å². The maximum Gasteiger partial charge on any atom is 0.296 e. The first kappa shape index (κ1) is 21.9. The third kappa shape index (κ3) is 4.10. The van der Waals surface area contributed by atoms with E-state index in [1.807, 2.05) is 0 Å². The van der Waals surface area contributed by atoms with Crippen LogP contribution in [-0.4, -0.2) is 46.0 Å². The van der Waals surface area contributed by atoms with Gasteiger partial charge >= 0.3 is 0 Å². The molecule has 2 N–H and O–H groups in total. The summed E-state index contributed by atoms with van der Waals surface area (Å²) in [7, 11) is 2.94. The number of amides is 1. The molecular formula is C25H22N2O6. The summed E-state index contributed by atoms with van der Waals surface area (Å²) >= 11 is 0. The van der Waals surface area contributed by atoms with Crippen LogP contribution < -0.4 is 9.47 Å². The number of likely N-dealkylation sites (tertiary alicyclic amines) is 1. The molecule has 1 atom stereocenters. The number of Topliss-reactive ketones (excluding diaryl/α,β-unsaturated/α-hetero) is 1. The molecule has 4 rings (SSSR count). The van der Waals surface area contributed by atoms with Gasteiger partial charge in [0, 0.05) is 12.3 Å². The van der Waals surface area contributed by atoms with Crippen LogP contribution in [0.3, 0.4) is 0 Å². The molecule has 0 spiro atoms. The highest BCUT2D eigenvalue weighted by Crippen LogP contribution is 2.42. The molecule has 1 aliphatic heterocycles. The molecule has 1 fully saturated rings. The summed E-state index contributed by atoms with van der Waals surface area (Å²) in [6, 6.07) is 15.3. The van der Waals surface area contributed by atoms with Gasteiger partial charge in [-0.3, -0.25) is 14.6 Å². The van der Waals surface area contributed by atoms with Crippen molar-refractivity contribution in [1.82, 2.24) is 9.88 Å². The van der Waals surface area contributed by atoms with Crippen molar-refractivity contribution in [3.05, 3.63) is 89.3 Å². The maximum atomic E-state index is 13.1. The molecule has 33 heavy (non-hydrogen) atoms. The molecule has 1 amide bonds. The van der Waals surface area contributed by atoms with E-state index >= 15 is 0 Å². The molecule has 2 aromatic carbocycles. The number of hydrogen-bond acceptors (Lipinski definition) is 7. The molecule has 3 aromatic rings. The zero-order valence-electron chi connectivity index (χ0n) is 18.1. The number of phenols is 1. The number of benzene rings is 2. The number of rotatable bonds is 6. The summed E-state index contributed by atoms with van der Waals surface area (Å²) < 4.78 is 10.6. The molecule has 0 aliphatic carbocycles. The Morgan fingerprint density at radius 1 is 1.03 bits per heavy atom. The third-order valence-corrected chi connectivity index (χ3v) is 5.47. The first-order chi connectivity index (χ1) is 15.9. The van der Waals surface area contributed by atoms with E-state index in [0.29, 0.717) is 17.0 Å². The number of methoxy groups -OCH3 is 2. The van der Waals surface area contributed by atoms with Crippen molar-refractivity contribution in [2.75, 3.05) is 14.2 Å². The van der Waals surface area contributed by atoms with Gasteiger partial charge in [0.25, 0.3) is 11.7 Å². The smallest absolute Gasteiger partial charge is 0.296 e. The first-order valence-corrected chi connectivity index (χ1v) is 10.1. The number of ketones is 1. The fourth-order valence-corrected chi connectivity index (χ4v) is 3.85. The fraction of sp³-hybridized carbons (Fsp3) is 0.160. The van der Waals surface area contributed by atoms with Crippen molar-refractivity contribution in [2.24, 2.45) is 0 Å². The summed E-state index contributed by atoms with van der Waals surface area (Å²) in [5.74, 6) is -1.11. The number of ether oxygens (including phenoxy) is 2. The Hall–Kier alpha value is -4.33. The summed E-state index contributed by atoms with van der Waals surface area (Å²) in [6.45, 7) is 0.0630. The number of carbonyl (C=O) groups is 2. The summed E-state index contributed by atoms with van der Waals surface area (Å²) in [5, 5.41) is 21.0. The zero-order chi connectivity index (χ0) is 23.5. The first-order valence-electron chi connectivity index (χ1n) is 10.1. The highest BCUT2D eigenvalue weighted by atomic mass is 16.5. The molecule has 0 radical (unpaired) electrons. The van der Waals surface area contributed by atoms with Crippen LogP contribution in [0.1, 0.15) is 22.9 Å². The van der Waals surface area contributed by atoms with Gasteiger partial charge in [0.2, 0.25) is 0 Å². The lowest BCUT2D eigenvalue weighted by atomic mass is 9.95. The van der Waals surface area contributed by atoms with Gasteiger partial charge in [0.05, 0.1) is 43.6 Å². The Balaban J connectivity index is 1.89. The average Bonchev–Trinajstić information content (AvgIpc) is 3.09. The van der Waals surface area contributed by atoms with Crippen molar-refractivity contribution in [2.45, 2.75) is 12.6 Å². The lowest BCUT2D eigenvalue weighted by molar-refractivity contribution is -0.140. The highest BCUT2D eigenvalue weighted by molar-refractivity contribution is 6.46. The number of nitrogens with zero attached hydrogens (tertiary/aromatic N) is 2. The van der Waals surface area contributed by atoms with E-state index in [0.717, 1.165) is 0 Å². The minimum absolute atomic E-state index is 0.0391. The molecule has 8 nitrogen and oxygen atoms in total. The summed E-state index contributed by atoms with van der Waals surface area (Å²) in [5.41, 5.74) is 1.31. The Labute approximate surface area is 190 Å². The maximum absolute atomic E-state index is 13.1. The monoisotopic (exact) mass is 446 g/mol. The topological polar surface area (TPSA) is 109 Å². The quantitative estimate of drug-likeness (QED) is 0.339. The number of aromatic hydroxyl groups is 1. The minimum Gasteiger partial charge on any atom is -0.508 e. The number of aromatic nitrogens is 1. The van der Waals surface area contributed by atoms with Crippen LogP contribution in [0.25, 0.3) is 5.76 Å². The molecule has 0 saturated carbocycles. The van der Waals surface area contributed by atoms with E-state index in [2.05, 4.69) is 4.98 Å². The Morgan fingerprint density at radius 3 is 2.42 bits per heavy atom. The lowest BCUT2D eigenvalue weighted by Crippen LogP contribution is -2.29. The molecule has 1 aliphatic rings. The molecule has 8 heteroatoms. The van der Waals surface area contributed by atoms with Gasteiger partial charge in [-0.05, 0) is 42.0 Å². The zero-order valence-corrected chi connectivity index (χ0v) is 18.1. The van der Waals surface area contributed by atoms with Crippen LogP contribution in [0.4, 0.5) is 0 Å². The number of aliphatic hydroxyl groups is 1. The van der Waals surface area contributed by atoms with Crippen LogP contribution in [-0.2, 0) is 16.1 Å². The fourth-order valence-electron chi connectivity index (χ4n) is 3.85. The number of aliphatic hydroxyl groups excluding tert-OH is 1. The Morgan fingerprint density at radius 2 is 1.79 bits per heavy atom. The van der Waals surface area contributed by atoms with Crippen molar-refractivity contribution in [3.8, 4) is 17.2 Å². The van der Waals surface area contributed by atoms with Gasteiger partial charge in [-0.25, -0.2) is 0 Å². The Kier molecular flexibility index (Phi) is 5.99. The van der Waals surface area contributed by atoms with Crippen LogP contribution in [0.5, 0.6) is 17.2 Å². The predicted octanol–water partition coefficient (Wildman–Crippen LogP) is 3.43. The van der Waals surface area contributed by atoms with E-state index in [1.165, 1.54) is 31.3 Å². The van der Waals surface area contributed by atoms with Gasteiger partial charge in [0.1, 0.15) is 23.0 Å². The van der Waals surface area contributed by atoms with E-state index in [1.54, 1.807) is 54.7 Å². The van der Waals surface area contributed by atoms with Gasteiger partial charge in [0.15, 0.2) is 0 Å². The largest absolute Gasteiger partial charge is 0.508 e. The van der Waals surface area contributed by atoms with Gasteiger partial charge < -0.3 is 24.6 Å². The van der Waals surface area contributed by atoms with Crippen LogP contribution >= 0.6 is 0 Å². The number of carbonyl (C=O) groups excluding carboxylic acids is 2. The normalized spacial score (nSPS) is 17.3. The number of phenolic OH excluding ortho intramolecular Hbond substituents is 1. The molecule has 1 unspecified atom stereocenters. The molecule has 0 bridgehead atoms. The van der Waals surface area contributed by atoms with Gasteiger partial charge in [-0.2, -0.15) is 0 Å². The third-order valence-electron chi connectivity index (χ3n) is 5.47. The predicted molar refractivity (Wildman–Crippen MR) is 120 cm³/mol. The van der Waals surface area contributed by atoms with Crippen LogP contribution in [0.2, 0.25) is 0 Å². The minimum atomic E-state index is -0.889. The molecule has 168 valence electrons. The second kappa shape index (κ2) is 9.04. The molecule has 1 saturated heterocycles. The van der Waals surface area contributed by atoms with Crippen molar-refractivity contribution in [3.63, 3.8) is 0 Å². The van der Waals surface area contributed by atoms with Gasteiger partial charge in [-0.1, -0.05) is 18.2 Å².